The van der Waals surface area contributed by atoms with Crippen molar-refractivity contribution in [2.24, 2.45) is 5.10 Å². The number of halogens is 2. The molecule has 0 aliphatic carbocycles. The molecule has 0 aliphatic heterocycles. The second-order valence-electron chi connectivity index (χ2n) is 5.31. The minimum Gasteiger partial charge on any atom is -0.267 e. The molecule has 0 fully saturated rings. The summed E-state index contributed by atoms with van der Waals surface area (Å²) in [4.78, 5) is 12.5. The molecule has 0 atom stereocenters. The quantitative estimate of drug-likeness (QED) is 0.507. The van der Waals surface area contributed by atoms with Gasteiger partial charge in [-0.1, -0.05) is 65.7 Å². The predicted octanol–water partition coefficient (Wildman–Crippen LogP) is 5.22. The zero-order valence-electron chi connectivity index (χ0n) is 12.9. The van der Waals surface area contributed by atoms with Gasteiger partial charge in [0.15, 0.2) is 0 Å². The monoisotopic (exact) mass is 356 g/mol. The minimum atomic E-state index is -0.274. The Morgan fingerprint density at radius 1 is 1.00 bits per heavy atom. The van der Waals surface area contributed by atoms with E-state index in [-0.39, 0.29) is 5.91 Å². The van der Waals surface area contributed by atoms with Gasteiger partial charge in [0, 0.05) is 5.56 Å². The first-order valence-corrected chi connectivity index (χ1v) is 8.09. The molecular formula is C19H14Cl2N2O. The number of carbonyl (C=O) groups is 1. The third kappa shape index (κ3) is 3.28. The number of fused-ring (bicyclic) bond motifs is 1. The van der Waals surface area contributed by atoms with Crippen molar-refractivity contribution in [2.75, 3.05) is 0 Å². The Bertz CT molecular complexity index is 931. The molecule has 0 saturated heterocycles. The standard InChI is InChI=1S/C19H14Cl2N2O/c1-12-9-10-13-5-2-3-6-14(13)18(12)19(24)23-22-11-15-16(20)7-4-8-17(15)21/h2-11H,1H3,(H,23,24)/b22-11-. The van der Waals surface area contributed by atoms with Gasteiger partial charge in [-0.2, -0.15) is 5.10 Å². The largest absolute Gasteiger partial charge is 0.272 e. The number of aryl methyl sites for hydroxylation is 1. The Hall–Kier alpha value is -2.36. The van der Waals surface area contributed by atoms with Crippen LogP contribution in [-0.2, 0) is 0 Å². The molecule has 0 spiro atoms. The van der Waals surface area contributed by atoms with E-state index < -0.39 is 0 Å². The summed E-state index contributed by atoms with van der Waals surface area (Å²) >= 11 is 12.2. The lowest BCUT2D eigenvalue weighted by Crippen LogP contribution is -2.19. The van der Waals surface area contributed by atoms with Crippen LogP contribution in [-0.4, -0.2) is 12.1 Å². The Morgan fingerprint density at radius 2 is 1.71 bits per heavy atom. The maximum atomic E-state index is 12.5. The number of nitrogens with zero attached hydrogens (tertiary/aromatic N) is 1. The summed E-state index contributed by atoms with van der Waals surface area (Å²) in [5.41, 5.74) is 4.61. The van der Waals surface area contributed by atoms with Crippen molar-refractivity contribution in [3.05, 3.63) is 81.3 Å². The van der Waals surface area contributed by atoms with Gasteiger partial charge in [-0.3, -0.25) is 4.79 Å². The predicted molar refractivity (Wildman–Crippen MR) is 100 cm³/mol. The number of benzene rings is 3. The summed E-state index contributed by atoms with van der Waals surface area (Å²) in [6.07, 6.45) is 1.45. The molecule has 0 radical (unpaired) electrons. The highest BCUT2D eigenvalue weighted by atomic mass is 35.5. The summed E-state index contributed by atoms with van der Waals surface area (Å²) in [5, 5.41) is 6.84. The maximum absolute atomic E-state index is 12.5. The van der Waals surface area contributed by atoms with Gasteiger partial charge in [-0.15, -0.1) is 0 Å². The van der Waals surface area contributed by atoms with Crippen molar-refractivity contribution in [1.29, 1.82) is 0 Å². The first kappa shape index (κ1) is 16.5. The number of nitrogens with one attached hydrogen (secondary N) is 1. The zero-order chi connectivity index (χ0) is 17.1. The second-order valence-corrected chi connectivity index (χ2v) is 6.13. The first-order valence-electron chi connectivity index (χ1n) is 7.33. The van der Waals surface area contributed by atoms with E-state index in [4.69, 9.17) is 23.2 Å². The number of hydrogen-bond donors (Lipinski definition) is 1. The molecule has 3 nitrogen and oxygen atoms in total. The van der Waals surface area contributed by atoms with Crippen molar-refractivity contribution in [1.82, 2.24) is 5.43 Å². The molecule has 5 heteroatoms. The lowest BCUT2D eigenvalue weighted by molar-refractivity contribution is 0.0956. The van der Waals surface area contributed by atoms with Crippen LogP contribution in [0.4, 0.5) is 0 Å². The smallest absolute Gasteiger partial charge is 0.267 e. The highest BCUT2D eigenvalue weighted by Gasteiger charge is 2.12. The molecule has 0 saturated carbocycles. The Balaban J connectivity index is 1.89. The van der Waals surface area contributed by atoms with E-state index >= 15 is 0 Å². The lowest BCUT2D eigenvalue weighted by Gasteiger charge is -2.08. The fourth-order valence-electron chi connectivity index (χ4n) is 2.53. The summed E-state index contributed by atoms with van der Waals surface area (Å²) in [7, 11) is 0. The van der Waals surface area contributed by atoms with Gasteiger partial charge in [0.25, 0.3) is 5.91 Å². The van der Waals surface area contributed by atoms with Crippen LogP contribution in [0.25, 0.3) is 10.8 Å². The molecule has 120 valence electrons. The average Bonchev–Trinajstić information content (AvgIpc) is 2.57. The number of hydrogen-bond acceptors (Lipinski definition) is 2. The molecule has 0 bridgehead atoms. The zero-order valence-corrected chi connectivity index (χ0v) is 14.4. The molecule has 3 aromatic rings. The van der Waals surface area contributed by atoms with E-state index in [1.54, 1.807) is 18.2 Å². The molecule has 0 aromatic heterocycles. The van der Waals surface area contributed by atoms with Gasteiger partial charge in [0.05, 0.1) is 21.8 Å². The van der Waals surface area contributed by atoms with Crippen LogP contribution >= 0.6 is 23.2 Å². The third-order valence-electron chi connectivity index (χ3n) is 3.72. The normalized spacial score (nSPS) is 11.1. The van der Waals surface area contributed by atoms with Crippen molar-refractivity contribution in [3.8, 4) is 0 Å². The third-order valence-corrected chi connectivity index (χ3v) is 4.38. The van der Waals surface area contributed by atoms with E-state index in [0.29, 0.717) is 21.2 Å². The van der Waals surface area contributed by atoms with Crippen LogP contribution in [0.1, 0.15) is 21.5 Å². The van der Waals surface area contributed by atoms with Gasteiger partial charge in [-0.25, -0.2) is 5.43 Å². The summed E-state index contributed by atoms with van der Waals surface area (Å²) < 4.78 is 0. The van der Waals surface area contributed by atoms with Crippen LogP contribution < -0.4 is 5.43 Å². The van der Waals surface area contributed by atoms with Crippen molar-refractivity contribution < 1.29 is 4.79 Å². The van der Waals surface area contributed by atoms with Crippen molar-refractivity contribution >= 4 is 46.1 Å². The Labute approximate surface area is 149 Å². The molecular weight excluding hydrogens is 343 g/mol. The fourth-order valence-corrected chi connectivity index (χ4v) is 3.02. The Kier molecular flexibility index (Phi) is 4.84. The highest BCUT2D eigenvalue weighted by molar-refractivity contribution is 6.38. The summed E-state index contributed by atoms with van der Waals surface area (Å²) in [6.45, 7) is 1.90. The van der Waals surface area contributed by atoms with E-state index in [1.807, 2.05) is 43.3 Å². The molecule has 3 rings (SSSR count). The van der Waals surface area contributed by atoms with Crippen LogP contribution in [0.15, 0.2) is 59.7 Å². The highest BCUT2D eigenvalue weighted by Crippen LogP contribution is 2.23. The summed E-state index contributed by atoms with van der Waals surface area (Å²) in [6, 6.07) is 16.8. The van der Waals surface area contributed by atoms with Crippen LogP contribution in [0.2, 0.25) is 10.0 Å². The SMILES string of the molecule is Cc1ccc2ccccc2c1C(=O)N/N=C\c1c(Cl)cccc1Cl. The first-order chi connectivity index (χ1) is 11.6. The summed E-state index contributed by atoms with van der Waals surface area (Å²) in [5.74, 6) is -0.274. The van der Waals surface area contributed by atoms with E-state index in [2.05, 4.69) is 10.5 Å². The number of rotatable bonds is 3. The minimum absolute atomic E-state index is 0.274. The van der Waals surface area contributed by atoms with E-state index in [0.717, 1.165) is 16.3 Å². The molecule has 0 unspecified atom stereocenters. The maximum Gasteiger partial charge on any atom is 0.272 e. The molecule has 1 amide bonds. The second kappa shape index (κ2) is 7.04. The van der Waals surface area contributed by atoms with Gasteiger partial charge in [0.2, 0.25) is 0 Å². The van der Waals surface area contributed by atoms with E-state index in [9.17, 15) is 4.79 Å². The number of carbonyl (C=O) groups excluding carboxylic acids is 1. The topological polar surface area (TPSA) is 41.5 Å². The Morgan fingerprint density at radius 3 is 2.46 bits per heavy atom. The molecule has 0 aliphatic rings. The fraction of sp³-hybridized carbons (Fsp3) is 0.0526. The van der Waals surface area contributed by atoms with Gasteiger partial charge >= 0.3 is 0 Å². The molecule has 24 heavy (non-hydrogen) atoms. The van der Waals surface area contributed by atoms with Crippen LogP contribution in [0.3, 0.4) is 0 Å². The molecule has 3 aromatic carbocycles. The van der Waals surface area contributed by atoms with Crippen molar-refractivity contribution in [2.45, 2.75) is 6.92 Å². The number of amides is 1. The molecule has 1 N–H and O–H groups in total. The van der Waals surface area contributed by atoms with Gasteiger partial charge < -0.3 is 0 Å². The average molecular weight is 357 g/mol. The van der Waals surface area contributed by atoms with Crippen LogP contribution in [0, 0.1) is 6.92 Å². The lowest BCUT2D eigenvalue weighted by atomic mass is 9.99. The molecule has 0 heterocycles. The van der Waals surface area contributed by atoms with Crippen molar-refractivity contribution in [3.63, 3.8) is 0 Å². The number of hydrazone groups is 1. The van der Waals surface area contributed by atoms with Crippen LogP contribution in [0.5, 0.6) is 0 Å². The van der Waals surface area contributed by atoms with E-state index in [1.165, 1.54) is 6.21 Å². The van der Waals surface area contributed by atoms with Gasteiger partial charge in [0.1, 0.15) is 0 Å². The van der Waals surface area contributed by atoms with Gasteiger partial charge in [-0.05, 0) is 35.4 Å².